The van der Waals surface area contributed by atoms with Crippen molar-refractivity contribution in [2.24, 2.45) is 5.92 Å². The van der Waals surface area contributed by atoms with Crippen molar-refractivity contribution in [1.29, 1.82) is 0 Å². The van der Waals surface area contributed by atoms with E-state index in [4.69, 9.17) is 4.74 Å². The molecule has 2 saturated heterocycles. The number of likely N-dealkylation sites (tertiary alicyclic amines) is 1. The molecule has 2 aliphatic heterocycles. The van der Waals surface area contributed by atoms with E-state index >= 15 is 0 Å². The summed E-state index contributed by atoms with van der Waals surface area (Å²) in [5.41, 5.74) is 2.93. The van der Waals surface area contributed by atoms with Gasteiger partial charge in [0.25, 0.3) is 5.91 Å². The number of urea groups is 1. The molecule has 2 aromatic carbocycles. The molecule has 2 heterocycles. The molecule has 0 radical (unpaired) electrons. The van der Waals surface area contributed by atoms with E-state index in [2.05, 4.69) is 22.5 Å². The molecule has 0 aromatic heterocycles. The number of carbonyl (C=O) groups excluding carboxylic acids is 2. The largest absolute Gasteiger partial charge is 0.494 e. The molecule has 182 valence electrons. The predicted octanol–water partition coefficient (Wildman–Crippen LogP) is 5.59. The molecule has 3 amide bonds. The van der Waals surface area contributed by atoms with Crippen LogP contribution in [0.4, 0.5) is 21.9 Å². The van der Waals surface area contributed by atoms with Crippen molar-refractivity contribution >= 4 is 29.0 Å². The van der Waals surface area contributed by atoms with Crippen LogP contribution in [0.3, 0.4) is 0 Å². The smallest absolute Gasteiger partial charge is 0.323 e. The van der Waals surface area contributed by atoms with Gasteiger partial charge in [-0.1, -0.05) is 6.92 Å². The van der Waals surface area contributed by atoms with Gasteiger partial charge in [0.15, 0.2) is 0 Å². The number of nitrogens with zero attached hydrogens (tertiary/aromatic N) is 2. The average Bonchev–Trinajstić information content (AvgIpc) is 2.86. The summed E-state index contributed by atoms with van der Waals surface area (Å²) in [6, 6.07) is 12.6. The number of piperidine rings is 2. The van der Waals surface area contributed by atoms with Gasteiger partial charge >= 0.3 is 6.03 Å². The standard InChI is InChI=1S/C27H36N4O3/c1-3-34-23-10-7-21(8-11-23)28-27(33)29-22-9-12-25(30-15-5-4-6-16-30)24(19-22)26(32)31-17-13-20(2)14-18-31/h7-12,19-20H,3-6,13-18H2,1-2H3,(H2,28,29,33). The molecule has 34 heavy (non-hydrogen) atoms. The molecule has 0 atom stereocenters. The number of carbonyl (C=O) groups is 2. The minimum Gasteiger partial charge on any atom is -0.494 e. The van der Waals surface area contributed by atoms with Gasteiger partial charge in [0, 0.05) is 43.2 Å². The third kappa shape index (κ3) is 6.01. The Morgan fingerprint density at radius 3 is 2.24 bits per heavy atom. The normalized spacial score (nSPS) is 16.8. The minimum atomic E-state index is -0.347. The summed E-state index contributed by atoms with van der Waals surface area (Å²) in [5, 5.41) is 5.74. The van der Waals surface area contributed by atoms with Crippen molar-refractivity contribution in [1.82, 2.24) is 4.90 Å². The first-order chi connectivity index (χ1) is 16.5. The highest BCUT2D eigenvalue weighted by molar-refractivity contribution is 6.04. The van der Waals surface area contributed by atoms with Gasteiger partial charge in [0.05, 0.1) is 12.2 Å². The van der Waals surface area contributed by atoms with E-state index in [1.807, 2.05) is 42.2 Å². The highest BCUT2D eigenvalue weighted by Gasteiger charge is 2.26. The fourth-order valence-electron chi connectivity index (χ4n) is 4.67. The summed E-state index contributed by atoms with van der Waals surface area (Å²) in [5.74, 6) is 1.48. The zero-order valence-electron chi connectivity index (χ0n) is 20.3. The van der Waals surface area contributed by atoms with Gasteiger partial charge in [-0.25, -0.2) is 4.79 Å². The third-order valence-corrected chi connectivity index (χ3v) is 6.68. The lowest BCUT2D eigenvalue weighted by Gasteiger charge is -2.34. The van der Waals surface area contributed by atoms with Crippen LogP contribution in [-0.4, -0.2) is 49.6 Å². The van der Waals surface area contributed by atoms with Crippen LogP contribution in [0.2, 0.25) is 0 Å². The highest BCUT2D eigenvalue weighted by atomic mass is 16.5. The van der Waals surface area contributed by atoms with Crippen molar-refractivity contribution in [2.75, 3.05) is 48.3 Å². The molecule has 0 aliphatic carbocycles. The van der Waals surface area contributed by atoms with E-state index in [1.165, 1.54) is 6.42 Å². The maximum Gasteiger partial charge on any atom is 0.323 e. The first-order valence-electron chi connectivity index (χ1n) is 12.5. The van der Waals surface area contributed by atoms with E-state index in [-0.39, 0.29) is 11.9 Å². The zero-order chi connectivity index (χ0) is 23.9. The Labute approximate surface area is 202 Å². The maximum absolute atomic E-state index is 13.5. The molecule has 0 unspecified atom stereocenters. The molecule has 0 bridgehead atoms. The number of anilines is 3. The first kappa shape index (κ1) is 23.9. The highest BCUT2D eigenvalue weighted by Crippen LogP contribution is 2.30. The van der Waals surface area contributed by atoms with Crippen molar-refractivity contribution in [3.8, 4) is 5.75 Å². The summed E-state index contributed by atoms with van der Waals surface area (Å²) >= 11 is 0. The van der Waals surface area contributed by atoms with E-state index in [1.54, 1.807) is 12.1 Å². The molecule has 4 rings (SSSR count). The van der Waals surface area contributed by atoms with Crippen LogP contribution in [-0.2, 0) is 0 Å². The molecule has 0 spiro atoms. The Morgan fingerprint density at radius 2 is 1.56 bits per heavy atom. The van der Waals surface area contributed by atoms with Gasteiger partial charge in [-0.05, 0) is 87.4 Å². The van der Waals surface area contributed by atoms with Crippen molar-refractivity contribution in [2.45, 2.75) is 46.0 Å². The van der Waals surface area contributed by atoms with Gasteiger partial charge < -0.3 is 25.2 Å². The van der Waals surface area contributed by atoms with E-state index in [9.17, 15) is 9.59 Å². The zero-order valence-corrected chi connectivity index (χ0v) is 20.3. The van der Waals surface area contributed by atoms with Gasteiger partial charge in [-0.15, -0.1) is 0 Å². The minimum absolute atomic E-state index is 0.0584. The molecule has 7 nitrogen and oxygen atoms in total. The van der Waals surface area contributed by atoms with Crippen LogP contribution in [0.15, 0.2) is 42.5 Å². The second-order valence-corrected chi connectivity index (χ2v) is 9.29. The molecular formula is C27H36N4O3. The number of rotatable bonds is 6. The van der Waals surface area contributed by atoms with Crippen LogP contribution in [0, 0.1) is 5.92 Å². The monoisotopic (exact) mass is 464 g/mol. The Hall–Kier alpha value is -3.22. The number of amides is 3. The quantitative estimate of drug-likeness (QED) is 0.584. The number of hydrogen-bond acceptors (Lipinski definition) is 4. The van der Waals surface area contributed by atoms with Crippen LogP contribution in [0.5, 0.6) is 5.75 Å². The lowest BCUT2D eigenvalue weighted by Crippen LogP contribution is -2.39. The fourth-order valence-corrected chi connectivity index (χ4v) is 4.67. The Kier molecular flexibility index (Phi) is 7.93. The van der Waals surface area contributed by atoms with Crippen molar-refractivity contribution in [3.63, 3.8) is 0 Å². The van der Waals surface area contributed by atoms with E-state index in [0.29, 0.717) is 29.5 Å². The van der Waals surface area contributed by atoms with Crippen molar-refractivity contribution in [3.05, 3.63) is 48.0 Å². The second kappa shape index (κ2) is 11.3. The molecule has 2 aromatic rings. The predicted molar refractivity (Wildman–Crippen MR) is 137 cm³/mol. The van der Waals surface area contributed by atoms with Gasteiger partial charge in [0.1, 0.15) is 5.75 Å². The molecule has 0 saturated carbocycles. The molecule has 7 heteroatoms. The number of nitrogens with one attached hydrogen (secondary N) is 2. The topological polar surface area (TPSA) is 73.9 Å². The van der Waals surface area contributed by atoms with Gasteiger partial charge in [-0.2, -0.15) is 0 Å². The van der Waals surface area contributed by atoms with E-state index < -0.39 is 0 Å². The summed E-state index contributed by atoms with van der Waals surface area (Å²) in [6.07, 6.45) is 5.58. The summed E-state index contributed by atoms with van der Waals surface area (Å²) in [4.78, 5) is 30.5. The Balaban J connectivity index is 1.50. The Bertz CT molecular complexity index is 978. The van der Waals surface area contributed by atoms with Crippen LogP contribution in [0.25, 0.3) is 0 Å². The van der Waals surface area contributed by atoms with Crippen LogP contribution >= 0.6 is 0 Å². The molecule has 2 fully saturated rings. The molecule has 2 aliphatic rings. The molecular weight excluding hydrogens is 428 g/mol. The Morgan fingerprint density at radius 1 is 0.912 bits per heavy atom. The number of hydrogen-bond donors (Lipinski definition) is 2. The number of ether oxygens (including phenoxy) is 1. The fraction of sp³-hybridized carbons (Fsp3) is 0.481. The van der Waals surface area contributed by atoms with Gasteiger partial charge in [0.2, 0.25) is 0 Å². The van der Waals surface area contributed by atoms with E-state index in [0.717, 1.165) is 63.3 Å². The SMILES string of the molecule is CCOc1ccc(NC(=O)Nc2ccc(N3CCCCC3)c(C(=O)N3CCC(C)CC3)c2)cc1. The lowest BCUT2D eigenvalue weighted by molar-refractivity contribution is 0.0697. The lowest BCUT2D eigenvalue weighted by atomic mass is 9.98. The second-order valence-electron chi connectivity index (χ2n) is 9.29. The summed E-state index contributed by atoms with van der Waals surface area (Å²) < 4.78 is 5.45. The summed E-state index contributed by atoms with van der Waals surface area (Å²) in [7, 11) is 0. The van der Waals surface area contributed by atoms with Crippen LogP contribution in [0.1, 0.15) is 56.3 Å². The molecule has 2 N–H and O–H groups in total. The first-order valence-corrected chi connectivity index (χ1v) is 12.5. The summed E-state index contributed by atoms with van der Waals surface area (Å²) in [6.45, 7) is 8.27. The third-order valence-electron chi connectivity index (χ3n) is 6.68. The van der Waals surface area contributed by atoms with Gasteiger partial charge in [-0.3, -0.25) is 4.79 Å². The average molecular weight is 465 g/mol. The van der Waals surface area contributed by atoms with Crippen molar-refractivity contribution < 1.29 is 14.3 Å². The van der Waals surface area contributed by atoms with Crippen LogP contribution < -0.4 is 20.3 Å². The number of benzene rings is 2. The maximum atomic E-state index is 13.5.